The largest absolute Gasteiger partial charge is 0.481 e. The first-order valence-electron chi connectivity index (χ1n) is 4.83. The molecule has 1 aromatic rings. The minimum absolute atomic E-state index is 0.0548. The van der Waals surface area contributed by atoms with Crippen LogP contribution in [0.25, 0.3) is 0 Å². The number of thioether (sulfide) groups is 2. The van der Waals surface area contributed by atoms with Crippen LogP contribution in [0.5, 0.6) is 0 Å². The highest BCUT2D eigenvalue weighted by atomic mass is 32.2. The fourth-order valence-electron chi connectivity index (χ4n) is 0.865. The van der Waals surface area contributed by atoms with Crippen LogP contribution in [0.2, 0.25) is 0 Å². The van der Waals surface area contributed by atoms with Crippen molar-refractivity contribution in [3.8, 4) is 0 Å². The SMILES string of the molecule is CC(C)CSCc1noc(SCC(=O)O)n1. The van der Waals surface area contributed by atoms with Crippen molar-refractivity contribution in [1.82, 2.24) is 10.1 Å². The van der Waals surface area contributed by atoms with E-state index >= 15 is 0 Å². The normalized spacial score (nSPS) is 10.9. The van der Waals surface area contributed by atoms with Crippen molar-refractivity contribution in [2.75, 3.05) is 11.5 Å². The van der Waals surface area contributed by atoms with E-state index in [0.717, 1.165) is 17.5 Å². The van der Waals surface area contributed by atoms with E-state index < -0.39 is 5.97 Å². The van der Waals surface area contributed by atoms with E-state index in [4.69, 9.17) is 9.63 Å². The summed E-state index contributed by atoms with van der Waals surface area (Å²) in [4.78, 5) is 14.4. The molecule has 0 fully saturated rings. The maximum Gasteiger partial charge on any atom is 0.314 e. The Morgan fingerprint density at radius 2 is 2.31 bits per heavy atom. The molecule has 0 unspecified atom stereocenters. The third-order valence-corrected chi connectivity index (χ3v) is 3.62. The summed E-state index contributed by atoms with van der Waals surface area (Å²) in [6.45, 7) is 4.30. The second-order valence-electron chi connectivity index (χ2n) is 3.57. The van der Waals surface area contributed by atoms with Crippen LogP contribution in [0, 0.1) is 5.92 Å². The molecule has 0 aliphatic heterocycles. The van der Waals surface area contributed by atoms with Crippen LogP contribution in [-0.2, 0) is 10.5 Å². The summed E-state index contributed by atoms with van der Waals surface area (Å²) in [6.07, 6.45) is 0. The van der Waals surface area contributed by atoms with Crippen LogP contribution in [0.15, 0.2) is 9.75 Å². The lowest BCUT2D eigenvalue weighted by Gasteiger charge is -2.00. The van der Waals surface area contributed by atoms with Crippen LogP contribution in [0.3, 0.4) is 0 Å². The lowest BCUT2D eigenvalue weighted by molar-refractivity contribution is -0.133. The molecule has 0 radical (unpaired) electrons. The molecule has 1 N–H and O–H groups in total. The van der Waals surface area contributed by atoms with Crippen molar-refractivity contribution < 1.29 is 14.4 Å². The third-order valence-electron chi connectivity index (χ3n) is 1.45. The van der Waals surface area contributed by atoms with Gasteiger partial charge in [0, 0.05) is 0 Å². The number of rotatable bonds is 7. The second-order valence-corrected chi connectivity index (χ2v) is 5.52. The Balaban J connectivity index is 2.30. The molecule has 0 aromatic carbocycles. The van der Waals surface area contributed by atoms with Gasteiger partial charge in [-0.2, -0.15) is 16.7 Å². The quantitative estimate of drug-likeness (QED) is 0.754. The van der Waals surface area contributed by atoms with Gasteiger partial charge in [0.2, 0.25) is 0 Å². The molecule has 0 aliphatic rings. The highest BCUT2D eigenvalue weighted by Crippen LogP contribution is 2.18. The number of hydrogen-bond donors (Lipinski definition) is 1. The van der Waals surface area contributed by atoms with E-state index in [1.807, 2.05) is 0 Å². The molecular formula is C9H14N2O3S2. The van der Waals surface area contributed by atoms with Gasteiger partial charge in [-0.15, -0.1) is 0 Å². The second kappa shape index (κ2) is 6.80. The number of carbonyl (C=O) groups is 1. The molecule has 90 valence electrons. The molecule has 0 spiro atoms. The summed E-state index contributed by atoms with van der Waals surface area (Å²) in [6, 6.07) is 0. The van der Waals surface area contributed by atoms with Gasteiger partial charge in [-0.25, -0.2) is 0 Å². The molecule has 1 heterocycles. The Bertz CT molecular complexity index is 341. The number of nitrogens with zero attached hydrogens (tertiary/aromatic N) is 2. The summed E-state index contributed by atoms with van der Waals surface area (Å²) >= 11 is 2.78. The predicted octanol–water partition coefficient (Wildman–Crippen LogP) is 2.14. The summed E-state index contributed by atoms with van der Waals surface area (Å²) in [5, 5.41) is 12.6. The molecule has 16 heavy (non-hydrogen) atoms. The molecule has 0 bridgehead atoms. The van der Waals surface area contributed by atoms with E-state index in [1.54, 1.807) is 11.8 Å². The van der Waals surface area contributed by atoms with Crippen LogP contribution < -0.4 is 0 Å². The standard InChI is InChI=1S/C9H14N2O3S2/c1-6(2)3-15-4-7-10-9(14-11-7)16-5-8(12)13/h6H,3-5H2,1-2H3,(H,12,13). The average Bonchev–Trinajstić information content (AvgIpc) is 2.62. The molecular weight excluding hydrogens is 248 g/mol. The molecule has 0 aliphatic carbocycles. The summed E-state index contributed by atoms with van der Waals surface area (Å²) in [5.41, 5.74) is 0. The van der Waals surface area contributed by atoms with Crippen molar-refractivity contribution in [2.45, 2.75) is 24.8 Å². The van der Waals surface area contributed by atoms with Crippen molar-refractivity contribution in [2.24, 2.45) is 5.92 Å². The van der Waals surface area contributed by atoms with Crippen molar-refractivity contribution in [3.63, 3.8) is 0 Å². The lowest BCUT2D eigenvalue weighted by Crippen LogP contribution is -1.97. The summed E-state index contributed by atoms with van der Waals surface area (Å²) < 4.78 is 4.90. The van der Waals surface area contributed by atoms with Gasteiger partial charge in [0.05, 0.1) is 5.75 Å². The van der Waals surface area contributed by atoms with E-state index in [2.05, 4.69) is 24.0 Å². The fourth-order valence-corrected chi connectivity index (χ4v) is 2.26. The predicted molar refractivity (Wildman–Crippen MR) is 63.7 cm³/mol. The Labute approximate surface area is 102 Å². The minimum atomic E-state index is -0.890. The first kappa shape index (κ1) is 13.4. The Morgan fingerprint density at radius 1 is 1.56 bits per heavy atom. The molecule has 0 amide bonds. The molecule has 0 saturated heterocycles. The van der Waals surface area contributed by atoms with Crippen LogP contribution >= 0.6 is 23.5 Å². The zero-order chi connectivity index (χ0) is 12.0. The number of carboxylic acids is 1. The third kappa shape index (κ3) is 5.41. The number of aliphatic carboxylic acids is 1. The van der Waals surface area contributed by atoms with E-state index in [1.165, 1.54) is 0 Å². The molecule has 7 heteroatoms. The maximum absolute atomic E-state index is 10.3. The molecule has 1 rings (SSSR count). The topological polar surface area (TPSA) is 76.2 Å². The molecule has 0 atom stereocenters. The average molecular weight is 262 g/mol. The van der Waals surface area contributed by atoms with E-state index in [0.29, 0.717) is 22.7 Å². The highest BCUT2D eigenvalue weighted by Gasteiger charge is 2.09. The number of carboxylic acid groups (broad SMARTS) is 1. The van der Waals surface area contributed by atoms with Gasteiger partial charge in [-0.3, -0.25) is 4.79 Å². The van der Waals surface area contributed by atoms with E-state index in [9.17, 15) is 4.79 Å². The minimum Gasteiger partial charge on any atom is -0.481 e. The van der Waals surface area contributed by atoms with Gasteiger partial charge in [0.15, 0.2) is 5.82 Å². The van der Waals surface area contributed by atoms with Gasteiger partial charge in [0.1, 0.15) is 5.75 Å². The first-order valence-corrected chi connectivity index (χ1v) is 6.97. The van der Waals surface area contributed by atoms with Crippen LogP contribution in [-0.4, -0.2) is 32.7 Å². The molecule has 1 aromatic heterocycles. The van der Waals surface area contributed by atoms with Gasteiger partial charge >= 0.3 is 5.97 Å². The number of aromatic nitrogens is 2. The smallest absolute Gasteiger partial charge is 0.314 e. The van der Waals surface area contributed by atoms with Crippen molar-refractivity contribution in [3.05, 3.63) is 5.82 Å². The van der Waals surface area contributed by atoms with Gasteiger partial charge in [0.25, 0.3) is 5.22 Å². The Kier molecular flexibility index (Phi) is 5.68. The van der Waals surface area contributed by atoms with Crippen LogP contribution in [0.4, 0.5) is 0 Å². The first-order chi connectivity index (χ1) is 7.58. The molecule has 5 nitrogen and oxygen atoms in total. The zero-order valence-corrected chi connectivity index (χ0v) is 10.8. The zero-order valence-electron chi connectivity index (χ0n) is 9.17. The van der Waals surface area contributed by atoms with Gasteiger partial charge in [-0.1, -0.05) is 30.8 Å². The lowest BCUT2D eigenvalue weighted by atomic mass is 10.3. The maximum atomic E-state index is 10.3. The van der Waals surface area contributed by atoms with Gasteiger partial charge < -0.3 is 9.63 Å². The monoisotopic (exact) mass is 262 g/mol. The Morgan fingerprint density at radius 3 is 2.94 bits per heavy atom. The number of hydrogen-bond acceptors (Lipinski definition) is 6. The van der Waals surface area contributed by atoms with Crippen molar-refractivity contribution in [1.29, 1.82) is 0 Å². The summed E-state index contributed by atoms with van der Waals surface area (Å²) in [5.74, 6) is 2.07. The van der Waals surface area contributed by atoms with Gasteiger partial charge in [-0.05, 0) is 11.7 Å². The van der Waals surface area contributed by atoms with Crippen molar-refractivity contribution >= 4 is 29.5 Å². The fraction of sp³-hybridized carbons (Fsp3) is 0.667. The highest BCUT2D eigenvalue weighted by molar-refractivity contribution is 7.99. The Hall–Kier alpha value is -0.690. The van der Waals surface area contributed by atoms with Crippen LogP contribution in [0.1, 0.15) is 19.7 Å². The van der Waals surface area contributed by atoms with E-state index in [-0.39, 0.29) is 5.75 Å². The molecule has 0 saturated carbocycles. The summed E-state index contributed by atoms with van der Waals surface area (Å²) in [7, 11) is 0.